The Hall–Kier alpha value is -1.60. The fourth-order valence-electron chi connectivity index (χ4n) is 3.73. The van der Waals surface area contributed by atoms with Crippen LogP contribution in [-0.4, -0.2) is 50.6 Å². The summed E-state index contributed by atoms with van der Waals surface area (Å²) in [4.78, 5) is 14.8. The number of sulfonamides is 1. The van der Waals surface area contributed by atoms with E-state index in [0.29, 0.717) is 19.6 Å². The van der Waals surface area contributed by atoms with Gasteiger partial charge in [-0.15, -0.1) is 0 Å². The van der Waals surface area contributed by atoms with Crippen molar-refractivity contribution in [2.24, 2.45) is 5.92 Å². The summed E-state index contributed by atoms with van der Waals surface area (Å²) in [6, 6.07) is 8.34. The van der Waals surface area contributed by atoms with Crippen LogP contribution in [0.2, 0.25) is 0 Å². The van der Waals surface area contributed by atoms with E-state index in [9.17, 15) is 13.2 Å². The number of carbonyl (C=O) groups is 1. The van der Waals surface area contributed by atoms with E-state index in [0.717, 1.165) is 31.5 Å². The van der Waals surface area contributed by atoms with Crippen molar-refractivity contribution in [3.63, 3.8) is 0 Å². The molecule has 1 aromatic carbocycles. The Morgan fingerprint density at radius 1 is 1.12 bits per heavy atom. The second-order valence-electron chi connectivity index (χ2n) is 7.18. The van der Waals surface area contributed by atoms with Crippen LogP contribution in [-0.2, 0) is 21.4 Å². The van der Waals surface area contributed by atoms with Crippen LogP contribution in [0.5, 0.6) is 0 Å². The second-order valence-corrected chi connectivity index (χ2v) is 9.43. The Balaban J connectivity index is 1.51. The molecule has 0 aliphatic carbocycles. The molecule has 0 saturated carbocycles. The number of nitrogens with one attached hydrogen (secondary N) is 1. The van der Waals surface area contributed by atoms with Crippen LogP contribution < -0.4 is 10.2 Å². The summed E-state index contributed by atoms with van der Waals surface area (Å²) in [6.07, 6.45) is 3.99. The predicted octanol–water partition coefficient (Wildman–Crippen LogP) is 1.96. The molecule has 2 heterocycles. The number of nitrogens with zero attached hydrogens (tertiary/aromatic N) is 2. The van der Waals surface area contributed by atoms with Gasteiger partial charge in [-0.2, -0.15) is 0 Å². The van der Waals surface area contributed by atoms with Crippen molar-refractivity contribution in [3.05, 3.63) is 29.8 Å². The first-order chi connectivity index (χ1) is 12.5. The first-order valence-electron chi connectivity index (χ1n) is 9.59. The number of hydrogen-bond donors (Lipinski definition) is 1. The molecule has 0 bridgehead atoms. The van der Waals surface area contributed by atoms with Gasteiger partial charge in [-0.05, 0) is 50.3 Å². The van der Waals surface area contributed by atoms with Crippen LogP contribution in [0.15, 0.2) is 24.3 Å². The van der Waals surface area contributed by atoms with Gasteiger partial charge in [0.05, 0.1) is 11.7 Å². The molecule has 1 atom stereocenters. The quantitative estimate of drug-likeness (QED) is 0.820. The zero-order valence-electron chi connectivity index (χ0n) is 15.5. The Morgan fingerprint density at radius 2 is 1.81 bits per heavy atom. The molecule has 2 aliphatic heterocycles. The van der Waals surface area contributed by atoms with Crippen molar-refractivity contribution in [2.75, 3.05) is 36.8 Å². The van der Waals surface area contributed by atoms with Gasteiger partial charge in [0, 0.05) is 38.4 Å². The molecule has 1 aromatic rings. The summed E-state index contributed by atoms with van der Waals surface area (Å²) in [5, 5.41) is 2.97. The normalized spacial score (nSPS) is 21.7. The van der Waals surface area contributed by atoms with E-state index in [1.807, 2.05) is 0 Å². The summed E-state index contributed by atoms with van der Waals surface area (Å²) in [7, 11) is -3.22. The minimum atomic E-state index is -3.22. The maximum absolute atomic E-state index is 12.5. The van der Waals surface area contributed by atoms with Crippen LogP contribution in [0, 0.1) is 5.92 Å². The molecule has 0 aromatic heterocycles. The molecule has 1 amide bonds. The average Bonchev–Trinajstić information content (AvgIpc) is 3.21. The summed E-state index contributed by atoms with van der Waals surface area (Å²) in [5.74, 6) is -0.219. The fourth-order valence-corrected chi connectivity index (χ4v) is 4.90. The maximum Gasteiger partial charge on any atom is 0.224 e. The number of hydrogen-bond acceptors (Lipinski definition) is 4. The van der Waals surface area contributed by atoms with Crippen molar-refractivity contribution in [1.82, 2.24) is 9.62 Å². The van der Waals surface area contributed by atoms with Crippen molar-refractivity contribution < 1.29 is 13.2 Å². The average molecular weight is 380 g/mol. The van der Waals surface area contributed by atoms with Crippen LogP contribution in [0.1, 0.15) is 38.2 Å². The Bertz CT molecular complexity index is 712. The van der Waals surface area contributed by atoms with Gasteiger partial charge in [-0.1, -0.05) is 12.1 Å². The Labute approximate surface area is 156 Å². The van der Waals surface area contributed by atoms with Gasteiger partial charge in [0.2, 0.25) is 15.9 Å². The Morgan fingerprint density at radius 3 is 2.46 bits per heavy atom. The van der Waals surface area contributed by atoms with Crippen LogP contribution in [0.25, 0.3) is 0 Å². The number of piperidine rings is 1. The third kappa shape index (κ3) is 4.57. The van der Waals surface area contributed by atoms with E-state index < -0.39 is 10.0 Å². The molecule has 7 heteroatoms. The largest absolute Gasteiger partial charge is 0.372 e. The molecule has 0 unspecified atom stereocenters. The van der Waals surface area contributed by atoms with Crippen LogP contribution >= 0.6 is 0 Å². The van der Waals surface area contributed by atoms with Gasteiger partial charge in [0.15, 0.2) is 0 Å². The SMILES string of the molecule is CCS(=O)(=O)N1CCC[C@H](C(=O)NCc2ccc(N3CCCC3)cc2)C1. The van der Waals surface area contributed by atoms with E-state index >= 15 is 0 Å². The molecule has 144 valence electrons. The predicted molar refractivity (Wildman–Crippen MR) is 103 cm³/mol. The first-order valence-corrected chi connectivity index (χ1v) is 11.2. The molecule has 0 radical (unpaired) electrons. The first kappa shape index (κ1) is 19.2. The smallest absolute Gasteiger partial charge is 0.224 e. The van der Waals surface area contributed by atoms with Gasteiger partial charge >= 0.3 is 0 Å². The fraction of sp³-hybridized carbons (Fsp3) is 0.632. The van der Waals surface area contributed by atoms with Crippen LogP contribution in [0.3, 0.4) is 0 Å². The van der Waals surface area contributed by atoms with Crippen molar-refractivity contribution >= 4 is 21.6 Å². The number of benzene rings is 1. The lowest BCUT2D eigenvalue weighted by Crippen LogP contribution is -2.45. The van der Waals surface area contributed by atoms with Crippen molar-refractivity contribution in [2.45, 2.75) is 39.2 Å². The van der Waals surface area contributed by atoms with Gasteiger partial charge < -0.3 is 10.2 Å². The summed E-state index contributed by atoms with van der Waals surface area (Å²) < 4.78 is 25.5. The molecule has 0 spiro atoms. The minimum absolute atomic E-state index is 0.0513. The number of amides is 1. The van der Waals surface area contributed by atoms with E-state index in [1.54, 1.807) is 6.92 Å². The number of carbonyl (C=O) groups excluding carboxylic acids is 1. The molecule has 2 aliphatic rings. The standard InChI is InChI=1S/C19H29N3O3S/c1-2-26(24,25)22-13-5-6-17(15-22)19(23)20-14-16-7-9-18(10-8-16)21-11-3-4-12-21/h7-10,17H,2-6,11-15H2,1H3,(H,20,23)/t17-/m0/s1. The highest BCUT2D eigenvalue weighted by Crippen LogP contribution is 2.21. The number of rotatable bonds is 6. The van der Waals surface area contributed by atoms with Crippen molar-refractivity contribution in [3.8, 4) is 0 Å². The molecular formula is C19H29N3O3S. The zero-order valence-corrected chi connectivity index (χ0v) is 16.3. The van der Waals surface area contributed by atoms with Crippen molar-refractivity contribution in [1.29, 1.82) is 0 Å². The Kier molecular flexibility index (Phi) is 6.19. The maximum atomic E-state index is 12.5. The van der Waals surface area contributed by atoms with E-state index in [1.165, 1.54) is 22.8 Å². The highest BCUT2D eigenvalue weighted by molar-refractivity contribution is 7.89. The van der Waals surface area contributed by atoms with Gasteiger partial charge in [-0.3, -0.25) is 4.79 Å². The van der Waals surface area contributed by atoms with Gasteiger partial charge in [0.25, 0.3) is 0 Å². The van der Waals surface area contributed by atoms with Crippen LogP contribution in [0.4, 0.5) is 5.69 Å². The molecule has 2 fully saturated rings. The minimum Gasteiger partial charge on any atom is -0.372 e. The topological polar surface area (TPSA) is 69.7 Å². The molecule has 3 rings (SSSR count). The number of anilines is 1. The second kappa shape index (κ2) is 8.39. The highest BCUT2D eigenvalue weighted by Gasteiger charge is 2.31. The third-order valence-corrected chi connectivity index (χ3v) is 7.24. The zero-order chi connectivity index (χ0) is 18.6. The summed E-state index contributed by atoms with van der Waals surface area (Å²) in [6.45, 7) is 5.19. The van der Waals surface area contributed by atoms with Gasteiger partial charge in [-0.25, -0.2) is 12.7 Å². The summed E-state index contributed by atoms with van der Waals surface area (Å²) in [5.41, 5.74) is 2.31. The monoisotopic (exact) mass is 379 g/mol. The van der Waals surface area contributed by atoms with Gasteiger partial charge in [0.1, 0.15) is 0 Å². The van der Waals surface area contributed by atoms with E-state index in [2.05, 4.69) is 34.5 Å². The summed E-state index contributed by atoms with van der Waals surface area (Å²) >= 11 is 0. The van der Waals surface area contributed by atoms with E-state index in [4.69, 9.17) is 0 Å². The lowest BCUT2D eigenvalue weighted by molar-refractivity contribution is -0.126. The molecule has 26 heavy (non-hydrogen) atoms. The lowest BCUT2D eigenvalue weighted by atomic mass is 9.99. The molecule has 2 saturated heterocycles. The molecule has 1 N–H and O–H groups in total. The highest BCUT2D eigenvalue weighted by atomic mass is 32.2. The van der Waals surface area contributed by atoms with E-state index in [-0.39, 0.29) is 17.6 Å². The lowest BCUT2D eigenvalue weighted by Gasteiger charge is -2.30. The molecule has 6 nitrogen and oxygen atoms in total. The third-order valence-electron chi connectivity index (χ3n) is 5.39. The molecular weight excluding hydrogens is 350 g/mol.